The lowest BCUT2D eigenvalue weighted by molar-refractivity contribution is 0.159. The molecule has 2 atom stereocenters. The summed E-state index contributed by atoms with van der Waals surface area (Å²) in [6.07, 6.45) is 1.08. The smallest absolute Gasteiger partial charge is 0.0900 e. The zero-order valence-electron chi connectivity index (χ0n) is 10.8. The minimum atomic E-state index is 0.353. The van der Waals surface area contributed by atoms with E-state index >= 15 is 0 Å². The molecule has 1 N–H and O–H groups in total. The molecule has 3 nitrogen and oxygen atoms in total. The second-order valence-corrected chi connectivity index (χ2v) is 5.37. The van der Waals surface area contributed by atoms with Gasteiger partial charge in [0.2, 0.25) is 0 Å². The van der Waals surface area contributed by atoms with Crippen molar-refractivity contribution < 1.29 is 4.74 Å². The van der Waals surface area contributed by atoms with Crippen LogP contribution in [0.15, 0.2) is 0 Å². The van der Waals surface area contributed by atoms with E-state index in [4.69, 9.17) is 4.74 Å². The number of ether oxygens (including phenoxy) is 1. The molecule has 1 heterocycles. The third kappa shape index (κ3) is 3.54. The highest BCUT2D eigenvalue weighted by molar-refractivity contribution is 7.11. The third-order valence-electron chi connectivity index (χ3n) is 2.68. The van der Waals surface area contributed by atoms with Crippen molar-refractivity contribution in [3.8, 4) is 0 Å². The summed E-state index contributed by atoms with van der Waals surface area (Å²) in [5, 5.41) is 4.72. The lowest BCUT2D eigenvalue weighted by Crippen LogP contribution is -2.34. The molecular formula is C12H22N2OS. The fourth-order valence-corrected chi connectivity index (χ4v) is 2.80. The zero-order chi connectivity index (χ0) is 12.1. The monoisotopic (exact) mass is 242 g/mol. The van der Waals surface area contributed by atoms with Crippen LogP contribution < -0.4 is 5.32 Å². The second kappa shape index (κ2) is 6.33. The molecule has 0 aliphatic rings. The molecule has 0 fully saturated rings. The second-order valence-electron chi connectivity index (χ2n) is 4.13. The SMILES string of the molecule is CCC(COC)NC(C)c1sc(C)nc1C. The molecular weight excluding hydrogens is 220 g/mol. The van der Waals surface area contributed by atoms with Crippen LogP contribution in [0.3, 0.4) is 0 Å². The molecule has 0 aliphatic heterocycles. The quantitative estimate of drug-likeness (QED) is 0.833. The van der Waals surface area contributed by atoms with E-state index in [1.165, 1.54) is 4.88 Å². The summed E-state index contributed by atoms with van der Waals surface area (Å²) in [5.41, 5.74) is 1.15. The number of hydrogen-bond acceptors (Lipinski definition) is 4. The van der Waals surface area contributed by atoms with E-state index in [0.29, 0.717) is 12.1 Å². The Morgan fingerprint density at radius 2 is 2.12 bits per heavy atom. The van der Waals surface area contributed by atoms with Gasteiger partial charge in [-0.15, -0.1) is 11.3 Å². The van der Waals surface area contributed by atoms with Crippen LogP contribution in [0.5, 0.6) is 0 Å². The Morgan fingerprint density at radius 3 is 2.56 bits per heavy atom. The van der Waals surface area contributed by atoms with Crippen LogP contribution in [0, 0.1) is 13.8 Å². The summed E-state index contributed by atoms with van der Waals surface area (Å²) in [5.74, 6) is 0. The average Bonchev–Trinajstić information content (AvgIpc) is 2.57. The lowest BCUT2D eigenvalue weighted by atomic mass is 10.1. The summed E-state index contributed by atoms with van der Waals surface area (Å²) in [4.78, 5) is 5.80. The van der Waals surface area contributed by atoms with E-state index in [1.807, 2.05) is 0 Å². The van der Waals surface area contributed by atoms with Gasteiger partial charge >= 0.3 is 0 Å². The first-order valence-corrected chi connectivity index (χ1v) is 6.59. The van der Waals surface area contributed by atoms with Gasteiger partial charge in [-0.2, -0.15) is 0 Å². The molecule has 92 valence electrons. The topological polar surface area (TPSA) is 34.1 Å². The summed E-state index contributed by atoms with van der Waals surface area (Å²) in [6.45, 7) is 9.26. The molecule has 0 aromatic carbocycles. The van der Waals surface area contributed by atoms with Crippen molar-refractivity contribution in [2.75, 3.05) is 13.7 Å². The number of aryl methyl sites for hydroxylation is 2. The molecule has 1 rings (SSSR count). The molecule has 2 unspecified atom stereocenters. The van der Waals surface area contributed by atoms with Crippen LogP contribution >= 0.6 is 11.3 Å². The van der Waals surface area contributed by atoms with Gasteiger partial charge in [0.25, 0.3) is 0 Å². The van der Waals surface area contributed by atoms with Crippen LogP contribution in [0.1, 0.15) is 41.9 Å². The maximum Gasteiger partial charge on any atom is 0.0900 e. The van der Waals surface area contributed by atoms with Gasteiger partial charge in [0.15, 0.2) is 0 Å². The number of hydrogen-bond donors (Lipinski definition) is 1. The fourth-order valence-electron chi connectivity index (χ4n) is 1.86. The van der Waals surface area contributed by atoms with Crippen LogP contribution in [0.25, 0.3) is 0 Å². The molecule has 1 aromatic heterocycles. The Morgan fingerprint density at radius 1 is 1.44 bits per heavy atom. The Hall–Kier alpha value is -0.450. The first-order chi connectivity index (χ1) is 7.58. The molecule has 0 spiro atoms. The molecule has 16 heavy (non-hydrogen) atoms. The summed E-state index contributed by atoms with van der Waals surface area (Å²) in [6, 6.07) is 0.771. The summed E-state index contributed by atoms with van der Waals surface area (Å²) in [7, 11) is 1.75. The average molecular weight is 242 g/mol. The number of aromatic nitrogens is 1. The molecule has 1 aromatic rings. The van der Waals surface area contributed by atoms with Gasteiger partial charge in [0, 0.05) is 24.1 Å². The van der Waals surface area contributed by atoms with Gasteiger partial charge < -0.3 is 10.1 Å². The van der Waals surface area contributed by atoms with E-state index < -0.39 is 0 Å². The molecule has 4 heteroatoms. The normalized spacial score (nSPS) is 15.1. The summed E-state index contributed by atoms with van der Waals surface area (Å²) < 4.78 is 5.19. The predicted molar refractivity (Wildman–Crippen MR) is 69.1 cm³/mol. The highest BCUT2D eigenvalue weighted by atomic mass is 32.1. The van der Waals surface area contributed by atoms with Crippen LogP contribution in [-0.2, 0) is 4.74 Å². The first kappa shape index (κ1) is 13.6. The van der Waals surface area contributed by atoms with Gasteiger partial charge in [-0.25, -0.2) is 4.98 Å². The number of methoxy groups -OCH3 is 1. The minimum absolute atomic E-state index is 0.353. The van der Waals surface area contributed by atoms with Gasteiger partial charge in [0.1, 0.15) is 0 Å². The predicted octanol–water partition coefficient (Wildman–Crippen LogP) is 2.84. The van der Waals surface area contributed by atoms with Gasteiger partial charge in [-0.05, 0) is 27.2 Å². The zero-order valence-corrected chi connectivity index (χ0v) is 11.6. The van der Waals surface area contributed by atoms with E-state index in [0.717, 1.165) is 23.7 Å². The van der Waals surface area contributed by atoms with Gasteiger partial charge in [-0.3, -0.25) is 0 Å². The van der Waals surface area contributed by atoms with Crippen LogP contribution in [0.4, 0.5) is 0 Å². The Kier molecular flexibility index (Phi) is 5.38. The van der Waals surface area contributed by atoms with E-state index in [1.54, 1.807) is 18.4 Å². The van der Waals surface area contributed by atoms with Crippen molar-refractivity contribution in [2.24, 2.45) is 0 Å². The van der Waals surface area contributed by atoms with E-state index in [-0.39, 0.29) is 0 Å². The number of thiazole rings is 1. The maximum absolute atomic E-state index is 5.19. The van der Waals surface area contributed by atoms with E-state index in [9.17, 15) is 0 Å². The van der Waals surface area contributed by atoms with Crippen molar-refractivity contribution in [3.05, 3.63) is 15.6 Å². The van der Waals surface area contributed by atoms with Gasteiger partial charge in [-0.1, -0.05) is 6.92 Å². The summed E-state index contributed by atoms with van der Waals surface area (Å²) >= 11 is 1.78. The molecule has 0 bridgehead atoms. The molecule has 0 saturated heterocycles. The van der Waals surface area contributed by atoms with Crippen molar-refractivity contribution >= 4 is 11.3 Å². The first-order valence-electron chi connectivity index (χ1n) is 5.77. The number of rotatable bonds is 6. The standard InChI is InChI=1S/C12H22N2OS/c1-6-11(7-15-5)14-9(3)12-8(2)13-10(4)16-12/h9,11,14H,6-7H2,1-5H3. The molecule has 0 radical (unpaired) electrons. The Balaban J connectivity index is 2.63. The molecule has 0 amide bonds. The van der Waals surface area contributed by atoms with E-state index in [2.05, 4.69) is 38.0 Å². The molecule has 0 saturated carbocycles. The maximum atomic E-state index is 5.19. The fraction of sp³-hybridized carbons (Fsp3) is 0.750. The minimum Gasteiger partial charge on any atom is -0.383 e. The lowest BCUT2D eigenvalue weighted by Gasteiger charge is -2.21. The number of nitrogens with one attached hydrogen (secondary N) is 1. The third-order valence-corrected chi connectivity index (χ3v) is 3.93. The Labute approximate surface area is 102 Å². The van der Waals surface area contributed by atoms with Gasteiger partial charge in [0.05, 0.1) is 17.3 Å². The van der Waals surface area contributed by atoms with Crippen molar-refractivity contribution in [1.82, 2.24) is 10.3 Å². The van der Waals surface area contributed by atoms with Crippen molar-refractivity contribution in [1.29, 1.82) is 0 Å². The van der Waals surface area contributed by atoms with Crippen LogP contribution in [0.2, 0.25) is 0 Å². The highest BCUT2D eigenvalue weighted by Crippen LogP contribution is 2.24. The highest BCUT2D eigenvalue weighted by Gasteiger charge is 2.16. The van der Waals surface area contributed by atoms with Crippen molar-refractivity contribution in [3.63, 3.8) is 0 Å². The molecule has 0 aliphatic carbocycles. The Bertz CT molecular complexity index is 325. The number of nitrogens with zero attached hydrogens (tertiary/aromatic N) is 1. The van der Waals surface area contributed by atoms with Crippen LogP contribution in [-0.4, -0.2) is 24.7 Å². The largest absolute Gasteiger partial charge is 0.383 e. The van der Waals surface area contributed by atoms with Crippen molar-refractivity contribution in [2.45, 2.75) is 46.2 Å².